The van der Waals surface area contributed by atoms with E-state index in [1.54, 1.807) is 12.4 Å². The van der Waals surface area contributed by atoms with Crippen molar-refractivity contribution in [1.82, 2.24) is 14.9 Å². The molecule has 22 heavy (non-hydrogen) atoms. The molecule has 1 saturated heterocycles. The number of piperidine rings is 1. The van der Waals surface area contributed by atoms with Gasteiger partial charge in [0.1, 0.15) is 5.82 Å². The number of benzene rings is 1. The summed E-state index contributed by atoms with van der Waals surface area (Å²) < 4.78 is 0. The van der Waals surface area contributed by atoms with E-state index < -0.39 is 6.10 Å². The van der Waals surface area contributed by atoms with Crippen LogP contribution in [0, 0.1) is 0 Å². The van der Waals surface area contributed by atoms with Gasteiger partial charge in [0.25, 0.3) is 0 Å². The van der Waals surface area contributed by atoms with Crippen molar-refractivity contribution in [3.63, 3.8) is 0 Å². The predicted octanol–water partition coefficient (Wildman–Crippen LogP) is 2.59. The van der Waals surface area contributed by atoms with E-state index in [2.05, 4.69) is 9.97 Å². The lowest BCUT2D eigenvalue weighted by molar-refractivity contribution is -0.137. The highest BCUT2D eigenvalue weighted by atomic mass is 16.3. The maximum atomic E-state index is 12.6. The van der Waals surface area contributed by atoms with Crippen molar-refractivity contribution in [3.05, 3.63) is 54.1 Å². The number of aliphatic hydroxyl groups excluding tert-OH is 1. The molecule has 0 bridgehead atoms. The fraction of sp³-hybridized carbons (Fsp3) is 0.412. The average molecular weight is 299 g/mol. The Hall–Kier alpha value is -2.14. The molecule has 116 valence electrons. The van der Waals surface area contributed by atoms with Crippen molar-refractivity contribution in [2.45, 2.75) is 37.8 Å². The van der Waals surface area contributed by atoms with Crippen LogP contribution in [0.15, 0.2) is 42.7 Å². The second kappa shape index (κ2) is 6.75. The number of carbonyl (C=O) groups excluding carboxylic acids is 1. The van der Waals surface area contributed by atoms with Crippen LogP contribution in [0.3, 0.4) is 0 Å². The number of hydrogen-bond acceptors (Lipinski definition) is 3. The molecule has 2 aromatic rings. The van der Waals surface area contributed by atoms with Crippen molar-refractivity contribution >= 4 is 5.91 Å². The third-order valence-corrected chi connectivity index (χ3v) is 4.21. The first-order valence-corrected chi connectivity index (χ1v) is 7.77. The number of imidazole rings is 1. The zero-order chi connectivity index (χ0) is 15.4. The topological polar surface area (TPSA) is 69.2 Å². The maximum Gasteiger partial charge on any atom is 0.226 e. The Kier molecular flexibility index (Phi) is 4.53. The van der Waals surface area contributed by atoms with Gasteiger partial charge in [-0.25, -0.2) is 4.98 Å². The van der Waals surface area contributed by atoms with E-state index in [4.69, 9.17) is 0 Å². The minimum Gasteiger partial charge on any atom is -0.388 e. The van der Waals surface area contributed by atoms with E-state index in [0.29, 0.717) is 0 Å². The molecule has 1 aromatic heterocycles. The molecule has 1 aromatic carbocycles. The van der Waals surface area contributed by atoms with E-state index >= 15 is 0 Å². The van der Waals surface area contributed by atoms with E-state index in [9.17, 15) is 9.90 Å². The highest BCUT2D eigenvalue weighted by Gasteiger charge is 2.30. The fourth-order valence-electron chi connectivity index (χ4n) is 3.05. The first kappa shape index (κ1) is 14.8. The van der Waals surface area contributed by atoms with Crippen molar-refractivity contribution in [3.8, 4) is 0 Å². The Bertz CT molecular complexity index is 598. The van der Waals surface area contributed by atoms with Crippen LogP contribution in [-0.4, -0.2) is 32.4 Å². The number of aliphatic hydroxyl groups is 1. The largest absolute Gasteiger partial charge is 0.388 e. The van der Waals surface area contributed by atoms with Gasteiger partial charge in [-0.3, -0.25) is 4.79 Å². The summed E-state index contributed by atoms with van der Waals surface area (Å²) in [6, 6.07) is 9.33. The van der Waals surface area contributed by atoms with Crippen molar-refractivity contribution in [1.29, 1.82) is 0 Å². The Balaban J connectivity index is 1.70. The highest BCUT2D eigenvalue weighted by Crippen LogP contribution is 2.30. The van der Waals surface area contributed by atoms with E-state index in [-0.39, 0.29) is 18.4 Å². The summed E-state index contributed by atoms with van der Waals surface area (Å²) in [5.41, 5.74) is 0.780. The lowest BCUT2D eigenvalue weighted by Crippen LogP contribution is -2.39. The summed E-state index contributed by atoms with van der Waals surface area (Å²) in [5.74, 6) is 0.819. The molecule has 0 radical (unpaired) electrons. The number of amides is 1. The molecule has 1 amide bonds. The minimum absolute atomic E-state index is 0.000719. The Morgan fingerprint density at radius 2 is 2.18 bits per heavy atom. The number of carbonyl (C=O) groups is 1. The minimum atomic E-state index is -0.757. The molecule has 2 N–H and O–H groups in total. The molecule has 0 aliphatic carbocycles. The number of nitrogens with one attached hydrogen (secondary N) is 1. The summed E-state index contributed by atoms with van der Waals surface area (Å²) in [5, 5.41) is 10.3. The summed E-state index contributed by atoms with van der Waals surface area (Å²) in [4.78, 5) is 21.9. The first-order valence-electron chi connectivity index (χ1n) is 7.77. The smallest absolute Gasteiger partial charge is 0.226 e. The molecule has 2 heterocycles. The van der Waals surface area contributed by atoms with Gasteiger partial charge >= 0.3 is 0 Å². The van der Waals surface area contributed by atoms with Gasteiger partial charge in [-0.15, -0.1) is 0 Å². The van der Waals surface area contributed by atoms with Gasteiger partial charge in [0.15, 0.2) is 0 Å². The molecule has 3 rings (SSSR count). The molecule has 5 nitrogen and oxygen atoms in total. The lowest BCUT2D eigenvalue weighted by atomic mass is 9.99. The number of aromatic nitrogens is 2. The van der Waals surface area contributed by atoms with Gasteiger partial charge in [-0.05, 0) is 24.8 Å². The Labute approximate surface area is 130 Å². The average Bonchev–Trinajstić information content (AvgIpc) is 3.10. The Morgan fingerprint density at radius 1 is 1.36 bits per heavy atom. The summed E-state index contributed by atoms with van der Waals surface area (Å²) >= 11 is 0. The van der Waals surface area contributed by atoms with Crippen LogP contribution in [0.5, 0.6) is 0 Å². The van der Waals surface area contributed by atoms with Gasteiger partial charge in [0.05, 0.1) is 18.6 Å². The van der Waals surface area contributed by atoms with Gasteiger partial charge in [-0.1, -0.05) is 30.3 Å². The van der Waals surface area contributed by atoms with Crippen molar-refractivity contribution in [2.75, 3.05) is 6.54 Å². The molecular formula is C17H21N3O2. The number of likely N-dealkylation sites (tertiary alicyclic amines) is 1. The predicted molar refractivity (Wildman–Crippen MR) is 82.9 cm³/mol. The standard InChI is InChI=1S/C17H21N3O2/c21-15(13-6-2-1-3-7-13)12-16(22)20-11-5-4-8-14(20)17-18-9-10-19-17/h1-3,6-7,9-10,14-15,21H,4-5,8,11-12H2,(H,18,19). The van der Waals surface area contributed by atoms with Crippen LogP contribution in [-0.2, 0) is 4.79 Å². The summed E-state index contributed by atoms with van der Waals surface area (Å²) in [7, 11) is 0. The number of rotatable bonds is 4. The second-order valence-electron chi connectivity index (χ2n) is 5.70. The fourth-order valence-corrected chi connectivity index (χ4v) is 3.05. The summed E-state index contributed by atoms with van der Waals surface area (Å²) in [6.45, 7) is 0.728. The number of nitrogens with zero attached hydrogens (tertiary/aromatic N) is 2. The van der Waals surface area contributed by atoms with Gasteiger partial charge < -0.3 is 15.0 Å². The van der Waals surface area contributed by atoms with Gasteiger partial charge in [-0.2, -0.15) is 0 Å². The molecule has 2 unspecified atom stereocenters. The van der Waals surface area contributed by atoms with Crippen LogP contribution in [0.2, 0.25) is 0 Å². The molecule has 1 aliphatic heterocycles. The van der Waals surface area contributed by atoms with Crippen LogP contribution in [0.1, 0.15) is 49.2 Å². The number of hydrogen-bond donors (Lipinski definition) is 2. The van der Waals surface area contributed by atoms with Crippen LogP contribution in [0.25, 0.3) is 0 Å². The SMILES string of the molecule is O=C(CC(O)c1ccccc1)N1CCCCC1c1ncc[nH]1. The maximum absolute atomic E-state index is 12.6. The van der Waals surface area contributed by atoms with Crippen LogP contribution in [0.4, 0.5) is 0 Å². The third kappa shape index (κ3) is 3.20. The van der Waals surface area contributed by atoms with Crippen molar-refractivity contribution < 1.29 is 9.90 Å². The molecule has 1 fully saturated rings. The molecule has 2 atom stereocenters. The van der Waals surface area contributed by atoms with Crippen LogP contribution < -0.4 is 0 Å². The quantitative estimate of drug-likeness (QED) is 0.911. The molecule has 0 saturated carbocycles. The van der Waals surface area contributed by atoms with E-state index in [1.807, 2.05) is 35.2 Å². The molecule has 0 spiro atoms. The first-order chi connectivity index (χ1) is 10.8. The van der Waals surface area contributed by atoms with Gasteiger partial charge in [0.2, 0.25) is 5.91 Å². The summed E-state index contributed by atoms with van der Waals surface area (Å²) in [6.07, 6.45) is 5.87. The monoisotopic (exact) mass is 299 g/mol. The number of H-pyrrole nitrogens is 1. The normalized spacial score (nSPS) is 19.9. The zero-order valence-corrected chi connectivity index (χ0v) is 12.5. The van der Waals surface area contributed by atoms with E-state index in [0.717, 1.165) is 37.2 Å². The number of aromatic amines is 1. The molecule has 5 heteroatoms. The molecular weight excluding hydrogens is 278 g/mol. The van der Waals surface area contributed by atoms with E-state index in [1.165, 1.54) is 0 Å². The Morgan fingerprint density at radius 3 is 2.91 bits per heavy atom. The molecule has 1 aliphatic rings. The van der Waals surface area contributed by atoms with Gasteiger partial charge in [0, 0.05) is 18.9 Å². The second-order valence-corrected chi connectivity index (χ2v) is 5.70. The highest BCUT2D eigenvalue weighted by molar-refractivity contribution is 5.77. The van der Waals surface area contributed by atoms with Crippen molar-refractivity contribution in [2.24, 2.45) is 0 Å². The third-order valence-electron chi connectivity index (χ3n) is 4.21. The van der Waals surface area contributed by atoms with Crippen LogP contribution >= 0.6 is 0 Å². The lowest BCUT2D eigenvalue weighted by Gasteiger charge is -2.35. The zero-order valence-electron chi connectivity index (χ0n) is 12.5.